The minimum absolute atomic E-state index is 0.157. The lowest BCUT2D eigenvalue weighted by atomic mass is 9.67. The van der Waals surface area contributed by atoms with E-state index in [9.17, 15) is 4.79 Å². The Morgan fingerprint density at radius 3 is 3.16 bits per heavy atom. The third-order valence-corrected chi connectivity index (χ3v) is 4.81. The van der Waals surface area contributed by atoms with Crippen LogP contribution in [0.4, 0.5) is 5.69 Å². The molecule has 3 nitrogen and oxygen atoms in total. The molecule has 4 heteroatoms. The predicted molar refractivity (Wildman–Crippen MR) is 77.3 cm³/mol. The fourth-order valence-corrected chi connectivity index (χ4v) is 3.70. The normalized spacial score (nSPS) is 29.8. The molecule has 0 unspecified atom stereocenters. The van der Waals surface area contributed by atoms with E-state index >= 15 is 0 Å². The first-order valence-electron chi connectivity index (χ1n) is 6.98. The molecular formula is C15H19ClN2O. The summed E-state index contributed by atoms with van der Waals surface area (Å²) in [7, 11) is 0. The van der Waals surface area contributed by atoms with Gasteiger partial charge in [-0.05, 0) is 43.5 Å². The van der Waals surface area contributed by atoms with Crippen LogP contribution in [0.2, 0.25) is 5.02 Å². The molecule has 1 saturated heterocycles. The highest BCUT2D eigenvalue weighted by Gasteiger charge is 2.49. The van der Waals surface area contributed by atoms with Crippen molar-refractivity contribution in [1.29, 1.82) is 0 Å². The van der Waals surface area contributed by atoms with Crippen molar-refractivity contribution in [3.63, 3.8) is 0 Å². The van der Waals surface area contributed by atoms with Crippen molar-refractivity contribution in [1.82, 2.24) is 5.32 Å². The summed E-state index contributed by atoms with van der Waals surface area (Å²) in [5.41, 5.74) is 0.587. The number of fused-ring (bicyclic) bond motifs is 1. The molecule has 0 aromatic heterocycles. The molecule has 2 N–H and O–H groups in total. The van der Waals surface area contributed by atoms with Crippen molar-refractivity contribution in [2.45, 2.75) is 25.7 Å². The fourth-order valence-electron chi connectivity index (χ4n) is 3.51. The second kappa shape index (κ2) is 5.14. The zero-order valence-electron chi connectivity index (χ0n) is 10.9. The van der Waals surface area contributed by atoms with E-state index in [1.807, 2.05) is 18.2 Å². The van der Waals surface area contributed by atoms with Crippen LogP contribution in [0.15, 0.2) is 24.3 Å². The molecule has 2 aliphatic rings. The van der Waals surface area contributed by atoms with E-state index in [0.29, 0.717) is 10.9 Å². The molecule has 1 heterocycles. The number of rotatable bonds is 2. The Labute approximate surface area is 118 Å². The summed E-state index contributed by atoms with van der Waals surface area (Å²) in [4.78, 5) is 12.7. The van der Waals surface area contributed by atoms with E-state index in [4.69, 9.17) is 11.6 Å². The molecule has 1 aliphatic carbocycles. The molecule has 1 amide bonds. The van der Waals surface area contributed by atoms with Gasteiger partial charge in [0.05, 0.1) is 5.41 Å². The monoisotopic (exact) mass is 278 g/mol. The summed E-state index contributed by atoms with van der Waals surface area (Å²) in [5.74, 6) is 0.643. The van der Waals surface area contributed by atoms with E-state index in [1.165, 1.54) is 6.42 Å². The van der Waals surface area contributed by atoms with Gasteiger partial charge in [0.15, 0.2) is 0 Å². The fraction of sp³-hybridized carbons (Fsp3) is 0.533. The number of anilines is 1. The van der Waals surface area contributed by atoms with Crippen LogP contribution in [0.5, 0.6) is 0 Å². The summed E-state index contributed by atoms with van der Waals surface area (Å²) in [5, 5.41) is 7.10. The lowest BCUT2D eigenvalue weighted by Crippen LogP contribution is -2.44. The second-order valence-electron chi connectivity index (χ2n) is 5.69. The van der Waals surface area contributed by atoms with Gasteiger partial charge >= 0.3 is 0 Å². The maximum atomic E-state index is 12.7. The van der Waals surface area contributed by atoms with Gasteiger partial charge in [-0.1, -0.05) is 30.5 Å². The summed E-state index contributed by atoms with van der Waals surface area (Å²) >= 11 is 5.96. The average Bonchev–Trinajstić information content (AvgIpc) is 2.83. The number of carbonyl (C=O) groups is 1. The number of hydrogen-bond donors (Lipinski definition) is 2. The van der Waals surface area contributed by atoms with Crippen molar-refractivity contribution in [3.8, 4) is 0 Å². The second-order valence-corrected chi connectivity index (χ2v) is 6.13. The Bertz CT molecular complexity index is 491. The van der Waals surface area contributed by atoms with Crippen molar-refractivity contribution in [2.75, 3.05) is 18.4 Å². The third-order valence-electron chi connectivity index (χ3n) is 4.57. The highest BCUT2D eigenvalue weighted by molar-refractivity contribution is 6.30. The van der Waals surface area contributed by atoms with Crippen LogP contribution in [0.25, 0.3) is 0 Å². The SMILES string of the molecule is O=C(Nc1cccc(Cl)c1)[C@@]12CCCC[C@H]1CNC2. The summed E-state index contributed by atoms with van der Waals surface area (Å²) in [6, 6.07) is 7.37. The van der Waals surface area contributed by atoms with Crippen LogP contribution in [0, 0.1) is 11.3 Å². The van der Waals surface area contributed by atoms with E-state index < -0.39 is 0 Å². The van der Waals surface area contributed by atoms with E-state index in [2.05, 4.69) is 10.6 Å². The Kier molecular flexibility index (Phi) is 3.50. The van der Waals surface area contributed by atoms with Crippen LogP contribution < -0.4 is 10.6 Å². The number of benzene rings is 1. The quantitative estimate of drug-likeness (QED) is 0.873. The first-order chi connectivity index (χ1) is 9.21. The van der Waals surface area contributed by atoms with Crippen LogP contribution in [0.1, 0.15) is 25.7 Å². The van der Waals surface area contributed by atoms with Gasteiger partial charge in [-0.2, -0.15) is 0 Å². The Balaban J connectivity index is 1.79. The van der Waals surface area contributed by atoms with Crippen LogP contribution in [0.3, 0.4) is 0 Å². The number of carbonyl (C=O) groups excluding carboxylic acids is 1. The first kappa shape index (κ1) is 12.9. The molecule has 0 radical (unpaired) electrons. The average molecular weight is 279 g/mol. The van der Waals surface area contributed by atoms with Gasteiger partial charge in [0.25, 0.3) is 0 Å². The third kappa shape index (κ3) is 2.37. The molecule has 0 bridgehead atoms. The van der Waals surface area contributed by atoms with Gasteiger partial charge in [0.1, 0.15) is 0 Å². The minimum atomic E-state index is -0.208. The van der Waals surface area contributed by atoms with Crippen molar-refractivity contribution < 1.29 is 4.79 Å². The van der Waals surface area contributed by atoms with Gasteiger partial charge in [-0.3, -0.25) is 4.79 Å². The maximum Gasteiger partial charge on any atom is 0.232 e. The molecule has 3 rings (SSSR count). The molecular weight excluding hydrogens is 260 g/mol. The van der Waals surface area contributed by atoms with Crippen molar-refractivity contribution >= 4 is 23.2 Å². The van der Waals surface area contributed by atoms with Crippen LogP contribution >= 0.6 is 11.6 Å². The number of amides is 1. The lowest BCUT2D eigenvalue weighted by Gasteiger charge is -2.37. The van der Waals surface area contributed by atoms with E-state index in [1.54, 1.807) is 6.07 Å². The highest BCUT2D eigenvalue weighted by atomic mass is 35.5. The Morgan fingerprint density at radius 2 is 2.32 bits per heavy atom. The molecule has 2 atom stereocenters. The van der Waals surface area contributed by atoms with Crippen LogP contribution in [-0.2, 0) is 4.79 Å². The van der Waals surface area contributed by atoms with Crippen LogP contribution in [-0.4, -0.2) is 19.0 Å². The van der Waals surface area contributed by atoms with Gasteiger partial charge in [0, 0.05) is 17.3 Å². The molecule has 2 fully saturated rings. The molecule has 1 aromatic rings. The maximum absolute atomic E-state index is 12.7. The Morgan fingerprint density at radius 1 is 1.42 bits per heavy atom. The lowest BCUT2D eigenvalue weighted by molar-refractivity contribution is -0.128. The van der Waals surface area contributed by atoms with E-state index in [0.717, 1.165) is 38.0 Å². The molecule has 19 heavy (non-hydrogen) atoms. The zero-order valence-corrected chi connectivity index (χ0v) is 11.7. The number of nitrogens with one attached hydrogen (secondary N) is 2. The molecule has 102 valence electrons. The first-order valence-corrected chi connectivity index (χ1v) is 7.36. The molecule has 1 aromatic carbocycles. The summed E-state index contributed by atoms with van der Waals surface area (Å²) < 4.78 is 0. The van der Waals surface area contributed by atoms with Gasteiger partial charge in [-0.15, -0.1) is 0 Å². The smallest absolute Gasteiger partial charge is 0.232 e. The largest absolute Gasteiger partial charge is 0.326 e. The minimum Gasteiger partial charge on any atom is -0.326 e. The standard InChI is InChI=1S/C15H19ClN2O/c16-12-5-3-6-13(8-12)18-14(19)15-7-2-1-4-11(15)9-17-10-15/h3,5-6,8,11,17H,1-2,4,7,9-10H2,(H,18,19)/t11-,15+/m0/s1. The summed E-state index contributed by atoms with van der Waals surface area (Å²) in [6.07, 6.45) is 4.56. The van der Waals surface area contributed by atoms with Crippen molar-refractivity contribution in [3.05, 3.63) is 29.3 Å². The number of hydrogen-bond acceptors (Lipinski definition) is 2. The zero-order chi connectivity index (χ0) is 13.3. The van der Waals surface area contributed by atoms with Crippen molar-refractivity contribution in [2.24, 2.45) is 11.3 Å². The molecule has 1 saturated carbocycles. The van der Waals surface area contributed by atoms with E-state index in [-0.39, 0.29) is 11.3 Å². The molecule has 0 spiro atoms. The number of halogens is 1. The Hall–Kier alpha value is -1.06. The van der Waals surface area contributed by atoms with Gasteiger partial charge in [0.2, 0.25) is 5.91 Å². The predicted octanol–water partition coefficient (Wildman–Crippen LogP) is 3.06. The van der Waals surface area contributed by atoms with Gasteiger partial charge in [-0.25, -0.2) is 0 Å². The summed E-state index contributed by atoms with van der Waals surface area (Å²) in [6.45, 7) is 1.78. The molecule has 1 aliphatic heterocycles. The van der Waals surface area contributed by atoms with Gasteiger partial charge < -0.3 is 10.6 Å². The highest BCUT2D eigenvalue weighted by Crippen LogP contribution is 2.44. The topological polar surface area (TPSA) is 41.1 Å².